The molecule has 2 aromatic rings. The van der Waals surface area contributed by atoms with Gasteiger partial charge in [-0.25, -0.2) is 0 Å². The highest BCUT2D eigenvalue weighted by Gasteiger charge is 2.54. The Balaban J connectivity index is 1.36. The molecule has 1 unspecified atom stereocenters. The largest absolute Gasteiger partial charge is 0.419 e. The second kappa shape index (κ2) is 4.95. The molecule has 1 atom stereocenters. The van der Waals surface area contributed by atoms with Crippen LogP contribution < -0.4 is 0 Å². The molecule has 5 nitrogen and oxygen atoms in total. The van der Waals surface area contributed by atoms with Crippen molar-refractivity contribution in [2.24, 2.45) is 23.7 Å². The van der Waals surface area contributed by atoms with Gasteiger partial charge in [0.2, 0.25) is 5.89 Å². The molecule has 25 heavy (non-hydrogen) atoms. The van der Waals surface area contributed by atoms with Crippen molar-refractivity contribution in [2.45, 2.75) is 70.1 Å². The third-order valence-electron chi connectivity index (χ3n) is 7.41. The van der Waals surface area contributed by atoms with E-state index in [0.29, 0.717) is 11.8 Å². The van der Waals surface area contributed by atoms with Crippen molar-refractivity contribution in [3.63, 3.8) is 0 Å². The van der Waals surface area contributed by atoms with Gasteiger partial charge in [0.05, 0.1) is 0 Å². The summed E-state index contributed by atoms with van der Waals surface area (Å²) in [5.41, 5.74) is 2.14. The second-order valence-electron chi connectivity index (χ2n) is 9.39. The third kappa shape index (κ3) is 2.10. The lowest BCUT2D eigenvalue weighted by Crippen LogP contribution is -2.48. The van der Waals surface area contributed by atoms with E-state index in [-0.39, 0.29) is 5.41 Å². The SMILES string of the molecule is CC1CCc2onc(-c3nnc(C45CC6CC(CC(C6)C4)C5)o3)c2C1. The molecule has 5 heteroatoms. The molecule has 5 aliphatic carbocycles. The normalized spacial score (nSPS) is 38.9. The fraction of sp³-hybridized carbons (Fsp3) is 0.750. The van der Waals surface area contributed by atoms with E-state index < -0.39 is 0 Å². The molecule has 0 spiro atoms. The Bertz CT molecular complexity index is 785. The van der Waals surface area contributed by atoms with Gasteiger partial charge in [0.15, 0.2) is 5.69 Å². The van der Waals surface area contributed by atoms with Gasteiger partial charge < -0.3 is 8.94 Å². The van der Waals surface area contributed by atoms with Gasteiger partial charge in [-0.15, -0.1) is 10.2 Å². The van der Waals surface area contributed by atoms with Crippen molar-refractivity contribution < 1.29 is 8.94 Å². The lowest BCUT2D eigenvalue weighted by atomic mass is 9.49. The Hall–Kier alpha value is -1.65. The number of hydrogen-bond acceptors (Lipinski definition) is 5. The van der Waals surface area contributed by atoms with E-state index in [1.54, 1.807) is 0 Å². The molecule has 0 aliphatic heterocycles. The first-order valence-corrected chi connectivity index (χ1v) is 10.0. The number of fused-ring (bicyclic) bond motifs is 1. The van der Waals surface area contributed by atoms with Crippen LogP contribution in [0.5, 0.6) is 0 Å². The minimum Gasteiger partial charge on any atom is -0.419 e. The molecule has 4 bridgehead atoms. The van der Waals surface area contributed by atoms with Crippen molar-refractivity contribution in [3.8, 4) is 11.6 Å². The highest BCUT2D eigenvalue weighted by atomic mass is 16.5. The Morgan fingerprint density at radius 2 is 1.72 bits per heavy atom. The number of aromatic nitrogens is 3. The topological polar surface area (TPSA) is 65.0 Å². The average Bonchev–Trinajstić information content (AvgIpc) is 3.19. The van der Waals surface area contributed by atoms with E-state index in [9.17, 15) is 0 Å². The summed E-state index contributed by atoms with van der Waals surface area (Å²) < 4.78 is 11.8. The molecule has 0 saturated heterocycles. The molecule has 4 fully saturated rings. The number of nitrogens with zero attached hydrogens (tertiary/aromatic N) is 3. The molecule has 7 rings (SSSR count). The summed E-state index contributed by atoms with van der Waals surface area (Å²) >= 11 is 0. The fourth-order valence-corrected chi connectivity index (χ4v) is 6.65. The maximum Gasteiger partial charge on any atom is 0.270 e. The summed E-state index contributed by atoms with van der Waals surface area (Å²) in [6, 6.07) is 0. The third-order valence-corrected chi connectivity index (χ3v) is 7.41. The van der Waals surface area contributed by atoms with Crippen molar-refractivity contribution in [1.29, 1.82) is 0 Å². The van der Waals surface area contributed by atoms with Gasteiger partial charge in [-0.1, -0.05) is 12.1 Å². The first kappa shape index (κ1) is 14.5. The van der Waals surface area contributed by atoms with E-state index in [4.69, 9.17) is 8.94 Å². The van der Waals surface area contributed by atoms with Gasteiger partial charge in [-0.3, -0.25) is 0 Å². The van der Waals surface area contributed by atoms with E-state index in [1.807, 2.05) is 0 Å². The zero-order valence-electron chi connectivity index (χ0n) is 14.8. The molecule has 5 aliphatic rings. The maximum absolute atomic E-state index is 6.27. The molecular weight excluding hydrogens is 314 g/mol. The van der Waals surface area contributed by atoms with Gasteiger partial charge in [-0.2, -0.15) is 0 Å². The van der Waals surface area contributed by atoms with E-state index in [2.05, 4.69) is 22.3 Å². The van der Waals surface area contributed by atoms with E-state index in [1.165, 1.54) is 50.5 Å². The summed E-state index contributed by atoms with van der Waals surface area (Å²) in [5.74, 6) is 5.76. The first-order chi connectivity index (χ1) is 12.2. The highest BCUT2D eigenvalue weighted by Crippen LogP contribution is 2.60. The van der Waals surface area contributed by atoms with Crippen molar-refractivity contribution in [1.82, 2.24) is 15.4 Å². The number of aryl methyl sites for hydroxylation is 1. The molecule has 0 amide bonds. The Labute approximate surface area is 147 Å². The first-order valence-electron chi connectivity index (χ1n) is 10.0. The molecule has 132 valence electrons. The van der Waals surface area contributed by atoms with Crippen molar-refractivity contribution in [2.75, 3.05) is 0 Å². The van der Waals surface area contributed by atoms with Crippen LogP contribution in [0.2, 0.25) is 0 Å². The number of hydrogen-bond donors (Lipinski definition) is 0. The predicted molar refractivity (Wildman–Crippen MR) is 90.8 cm³/mol. The van der Waals surface area contributed by atoms with Crippen LogP contribution in [0.4, 0.5) is 0 Å². The van der Waals surface area contributed by atoms with Gasteiger partial charge >= 0.3 is 0 Å². The van der Waals surface area contributed by atoms with E-state index >= 15 is 0 Å². The number of rotatable bonds is 2. The van der Waals surface area contributed by atoms with Crippen LogP contribution in [0.15, 0.2) is 8.94 Å². The summed E-state index contributed by atoms with van der Waals surface area (Å²) in [4.78, 5) is 0. The molecule has 0 N–H and O–H groups in total. The minimum atomic E-state index is 0.150. The Kier molecular flexibility index (Phi) is 2.88. The van der Waals surface area contributed by atoms with Gasteiger partial charge in [0, 0.05) is 17.4 Å². The molecule has 2 heterocycles. The van der Waals surface area contributed by atoms with Crippen LogP contribution in [0, 0.1) is 23.7 Å². The van der Waals surface area contributed by atoms with E-state index in [0.717, 1.165) is 47.9 Å². The van der Waals surface area contributed by atoms with Crippen LogP contribution in [-0.2, 0) is 18.3 Å². The molecule has 4 saturated carbocycles. The van der Waals surface area contributed by atoms with Crippen LogP contribution in [-0.4, -0.2) is 15.4 Å². The molecule has 2 aromatic heterocycles. The zero-order valence-corrected chi connectivity index (χ0v) is 14.8. The van der Waals surface area contributed by atoms with Crippen LogP contribution >= 0.6 is 0 Å². The standard InChI is InChI=1S/C20H25N3O2/c1-11-2-3-16-15(4-11)17(23-25-16)18-21-22-19(24-18)20-8-12-5-13(9-20)7-14(6-12)10-20/h11-14H,2-10H2,1H3. The highest BCUT2D eigenvalue weighted by molar-refractivity contribution is 5.54. The second-order valence-corrected chi connectivity index (χ2v) is 9.39. The Morgan fingerprint density at radius 3 is 2.44 bits per heavy atom. The van der Waals surface area contributed by atoms with Gasteiger partial charge in [0.1, 0.15) is 5.76 Å². The summed E-state index contributed by atoms with van der Waals surface area (Å²) in [7, 11) is 0. The van der Waals surface area contributed by atoms with Crippen molar-refractivity contribution >= 4 is 0 Å². The van der Waals surface area contributed by atoms with Crippen LogP contribution in [0.3, 0.4) is 0 Å². The zero-order chi connectivity index (χ0) is 16.6. The quantitative estimate of drug-likeness (QED) is 0.815. The molecule has 0 aromatic carbocycles. The fourth-order valence-electron chi connectivity index (χ4n) is 6.65. The molecule has 0 radical (unpaired) electrons. The lowest BCUT2D eigenvalue weighted by molar-refractivity contribution is -0.0176. The van der Waals surface area contributed by atoms with Crippen LogP contribution in [0.25, 0.3) is 11.6 Å². The van der Waals surface area contributed by atoms with Crippen molar-refractivity contribution in [3.05, 3.63) is 17.2 Å². The summed E-state index contributed by atoms with van der Waals surface area (Å²) in [6.45, 7) is 2.29. The smallest absolute Gasteiger partial charge is 0.270 e. The lowest BCUT2D eigenvalue weighted by Gasteiger charge is -2.55. The minimum absolute atomic E-state index is 0.150. The summed E-state index contributed by atoms with van der Waals surface area (Å²) in [5, 5.41) is 13.2. The van der Waals surface area contributed by atoms with Gasteiger partial charge in [-0.05, 0) is 75.0 Å². The molecular formula is C20H25N3O2. The predicted octanol–water partition coefficient (Wildman–Crippen LogP) is 4.32. The van der Waals surface area contributed by atoms with Gasteiger partial charge in [0.25, 0.3) is 5.89 Å². The summed E-state index contributed by atoms with van der Waals surface area (Å²) in [6.07, 6.45) is 11.2. The Morgan fingerprint density at radius 1 is 1.00 bits per heavy atom. The van der Waals surface area contributed by atoms with Crippen LogP contribution in [0.1, 0.15) is 69.1 Å². The average molecular weight is 339 g/mol. The maximum atomic E-state index is 6.27. The monoisotopic (exact) mass is 339 g/mol.